The van der Waals surface area contributed by atoms with Gasteiger partial charge in [0.05, 0.1) is 17.1 Å². The van der Waals surface area contributed by atoms with Crippen LogP contribution in [0.5, 0.6) is 0 Å². The largest absolute Gasteiger partial charge is 0.351 e. The van der Waals surface area contributed by atoms with Gasteiger partial charge in [-0.3, -0.25) is 9.79 Å². The van der Waals surface area contributed by atoms with Crippen LogP contribution >= 0.6 is 0 Å². The van der Waals surface area contributed by atoms with Crippen molar-refractivity contribution in [2.24, 2.45) is 4.99 Å². The van der Waals surface area contributed by atoms with Crippen molar-refractivity contribution >= 4 is 22.5 Å². The third-order valence-electron chi connectivity index (χ3n) is 5.83. The highest BCUT2D eigenvalue weighted by Gasteiger charge is 2.26. The average Bonchev–Trinajstić information content (AvgIpc) is 3.47. The Morgan fingerprint density at radius 1 is 0.875 bits per heavy atom. The number of carbonyl (C=O) groups is 1. The maximum Gasteiger partial charge on any atom is 0.269 e. The molecule has 2 N–H and O–H groups in total. The van der Waals surface area contributed by atoms with E-state index in [1.807, 2.05) is 91.1 Å². The van der Waals surface area contributed by atoms with E-state index in [4.69, 9.17) is 4.99 Å². The zero-order valence-electron chi connectivity index (χ0n) is 17.2. The van der Waals surface area contributed by atoms with Crippen molar-refractivity contribution in [3.63, 3.8) is 0 Å². The highest BCUT2D eigenvalue weighted by Crippen LogP contribution is 2.30. The first-order valence-electron chi connectivity index (χ1n) is 10.6. The van der Waals surface area contributed by atoms with Gasteiger partial charge in [-0.25, -0.2) is 0 Å². The van der Waals surface area contributed by atoms with Gasteiger partial charge in [0.15, 0.2) is 6.17 Å². The summed E-state index contributed by atoms with van der Waals surface area (Å²) in [5, 5.41) is 4.14. The highest BCUT2D eigenvalue weighted by atomic mass is 16.2. The maximum absolute atomic E-state index is 13.2. The number of carbonyl (C=O) groups excluding carboxylic acids is 1. The van der Waals surface area contributed by atoms with Crippen molar-refractivity contribution in [3.05, 3.63) is 126 Å². The molecule has 0 spiro atoms. The number of nitrogens with zero attached hydrogens (tertiary/aromatic N) is 2. The molecule has 0 saturated carbocycles. The molecule has 1 aliphatic rings. The third-order valence-corrected chi connectivity index (χ3v) is 5.83. The lowest BCUT2D eigenvalue weighted by atomic mass is 10.0. The normalized spacial score (nSPS) is 14.9. The first-order chi connectivity index (χ1) is 15.8. The number of hydrogen-bond donors (Lipinski definition) is 2. The van der Waals surface area contributed by atoms with E-state index in [-0.39, 0.29) is 5.91 Å². The predicted molar refractivity (Wildman–Crippen MR) is 126 cm³/mol. The number of para-hydroxylation sites is 2. The molecular formula is C27H20N4O. The molecular weight excluding hydrogens is 396 g/mol. The molecule has 0 radical (unpaired) electrons. The SMILES string of the molecule is O=C(NC1N=C(c2ccccc2)c2ccccc2-n2cccc21)c1cc2ccccc2[nH]1. The predicted octanol–water partition coefficient (Wildman–Crippen LogP) is 5.24. The molecule has 32 heavy (non-hydrogen) atoms. The Hall–Kier alpha value is -4.38. The molecule has 0 bridgehead atoms. The fourth-order valence-electron chi connectivity index (χ4n) is 4.31. The van der Waals surface area contributed by atoms with Gasteiger partial charge in [0.25, 0.3) is 5.91 Å². The molecule has 154 valence electrons. The van der Waals surface area contributed by atoms with Crippen LogP contribution in [0.25, 0.3) is 16.6 Å². The Balaban J connectivity index is 1.47. The van der Waals surface area contributed by atoms with Gasteiger partial charge in [0.1, 0.15) is 5.69 Å². The second-order valence-electron chi connectivity index (χ2n) is 7.81. The smallest absolute Gasteiger partial charge is 0.269 e. The lowest BCUT2D eigenvalue weighted by Crippen LogP contribution is -2.29. The molecule has 0 fully saturated rings. The average molecular weight is 416 g/mol. The molecule has 1 aliphatic heterocycles. The lowest BCUT2D eigenvalue weighted by molar-refractivity contribution is 0.0933. The van der Waals surface area contributed by atoms with Gasteiger partial charge in [-0.2, -0.15) is 0 Å². The molecule has 5 aromatic rings. The van der Waals surface area contributed by atoms with E-state index in [0.717, 1.165) is 39.1 Å². The Morgan fingerprint density at radius 3 is 2.53 bits per heavy atom. The van der Waals surface area contributed by atoms with Crippen LogP contribution in [0.3, 0.4) is 0 Å². The Kier molecular flexibility index (Phi) is 4.25. The Morgan fingerprint density at radius 2 is 1.66 bits per heavy atom. The zero-order chi connectivity index (χ0) is 21.5. The van der Waals surface area contributed by atoms with Gasteiger partial charge in [-0.1, -0.05) is 66.7 Å². The number of aromatic amines is 1. The quantitative estimate of drug-likeness (QED) is 0.415. The monoisotopic (exact) mass is 416 g/mol. The molecule has 1 unspecified atom stereocenters. The summed E-state index contributed by atoms with van der Waals surface area (Å²) in [5.74, 6) is -0.193. The summed E-state index contributed by atoms with van der Waals surface area (Å²) in [6.45, 7) is 0. The summed E-state index contributed by atoms with van der Waals surface area (Å²) in [6.07, 6.45) is 1.48. The van der Waals surface area contributed by atoms with Crippen LogP contribution < -0.4 is 5.32 Å². The van der Waals surface area contributed by atoms with Crippen LogP contribution in [-0.2, 0) is 0 Å². The van der Waals surface area contributed by atoms with E-state index in [1.165, 1.54) is 0 Å². The molecule has 3 aromatic carbocycles. The van der Waals surface area contributed by atoms with Crippen LogP contribution in [-0.4, -0.2) is 21.2 Å². The Bertz CT molecular complexity index is 1440. The molecule has 5 heteroatoms. The molecule has 5 nitrogen and oxygen atoms in total. The second-order valence-corrected chi connectivity index (χ2v) is 7.81. The minimum atomic E-state index is -0.536. The molecule has 6 rings (SSSR count). The van der Waals surface area contributed by atoms with Crippen LogP contribution in [0.4, 0.5) is 0 Å². The second kappa shape index (κ2) is 7.39. The number of nitrogens with one attached hydrogen (secondary N) is 2. The number of H-pyrrole nitrogens is 1. The lowest BCUT2D eigenvalue weighted by Gasteiger charge is -2.15. The number of hydrogen-bond acceptors (Lipinski definition) is 2. The summed E-state index contributed by atoms with van der Waals surface area (Å²) in [5.41, 5.74) is 6.29. The molecule has 1 amide bonds. The number of benzene rings is 3. The van der Waals surface area contributed by atoms with Crippen molar-refractivity contribution < 1.29 is 4.79 Å². The first-order valence-corrected chi connectivity index (χ1v) is 10.6. The van der Waals surface area contributed by atoms with Gasteiger partial charge in [-0.05, 0) is 30.3 Å². The number of aromatic nitrogens is 2. The van der Waals surface area contributed by atoms with E-state index in [9.17, 15) is 4.79 Å². The zero-order valence-corrected chi connectivity index (χ0v) is 17.2. The van der Waals surface area contributed by atoms with Crippen molar-refractivity contribution in [1.29, 1.82) is 0 Å². The Labute approximate surface area is 185 Å². The fourth-order valence-corrected chi connectivity index (χ4v) is 4.31. The molecule has 1 atom stereocenters. The van der Waals surface area contributed by atoms with Crippen molar-refractivity contribution in [3.8, 4) is 5.69 Å². The van der Waals surface area contributed by atoms with E-state index < -0.39 is 6.17 Å². The van der Waals surface area contributed by atoms with Crippen LogP contribution in [0.2, 0.25) is 0 Å². The van der Waals surface area contributed by atoms with E-state index >= 15 is 0 Å². The summed E-state index contributed by atoms with van der Waals surface area (Å²) < 4.78 is 2.10. The molecule has 3 heterocycles. The van der Waals surface area contributed by atoms with Crippen LogP contribution in [0.1, 0.15) is 33.5 Å². The highest BCUT2D eigenvalue weighted by molar-refractivity contribution is 6.15. The fraction of sp³-hybridized carbons (Fsp3) is 0.0370. The van der Waals surface area contributed by atoms with Gasteiger partial charge < -0.3 is 14.9 Å². The first kappa shape index (κ1) is 18.4. The molecule has 0 saturated heterocycles. The summed E-state index contributed by atoms with van der Waals surface area (Å²) in [7, 11) is 0. The van der Waals surface area contributed by atoms with E-state index in [0.29, 0.717) is 5.69 Å². The summed E-state index contributed by atoms with van der Waals surface area (Å²) in [4.78, 5) is 21.5. The summed E-state index contributed by atoms with van der Waals surface area (Å²) in [6, 6.07) is 32.0. The number of amides is 1. The van der Waals surface area contributed by atoms with E-state index in [2.05, 4.69) is 27.0 Å². The number of rotatable bonds is 3. The minimum absolute atomic E-state index is 0.193. The molecule has 2 aromatic heterocycles. The van der Waals surface area contributed by atoms with Crippen molar-refractivity contribution in [1.82, 2.24) is 14.9 Å². The van der Waals surface area contributed by atoms with Gasteiger partial charge >= 0.3 is 0 Å². The number of aliphatic imine (C=N–C) groups is 1. The topological polar surface area (TPSA) is 62.2 Å². The van der Waals surface area contributed by atoms with E-state index in [1.54, 1.807) is 0 Å². The standard InChI is InChI=1S/C27H20N4O/c32-27(22-17-19-11-4-6-13-21(19)28-22)30-26-24-15-8-16-31(24)23-14-7-5-12-20(23)25(29-26)18-9-2-1-3-10-18/h1-17,26,28H,(H,30,32). The van der Waals surface area contributed by atoms with Crippen molar-refractivity contribution in [2.45, 2.75) is 6.17 Å². The van der Waals surface area contributed by atoms with Crippen LogP contribution in [0, 0.1) is 0 Å². The number of fused-ring (bicyclic) bond motifs is 4. The van der Waals surface area contributed by atoms with Gasteiger partial charge in [0.2, 0.25) is 0 Å². The third kappa shape index (κ3) is 3.03. The van der Waals surface area contributed by atoms with Crippen LogP contribution in [0.15, 0.2) is 108 Å². The molecule has 0 aliphatic carbocycles. The maximum atomic E-state index is 13.2. The summed E-state index contributed by atoms with van der Waals surface area (Å²) >= 11 is 0. The van der Waals surface area contributed by atoms with Gasteiger partial charge in [0, 0.05) is 28.2 Å². The van der Waals surface area contributed by atoms with Crippen molar-refractivity contribution in [2.75, 3.05) is 0 Å². The van der Waals surface area contributed by atoms with Gasteiger partial charge in [-0.15, -0.1) is 0 Å². The minimum Gasteiger partial charge on any atom is -0.351 e.